The molecular formula is C17H20O3. The Bertz CT molecular complexity index is 541. The molecule has 0 atom stereocenters. The molecule has 0 amide bonds. The molecule has 3 rings (SSSR count). The Kier molecular flexibility index (Phi) is 3.51. The van der Waals surface area contributed by atoms with E-state index in [4.69, 9.17) is 9.47 Å². The zero-order chi connectivity index (χ0) is 14.0. The molecule has 1 aliphatic heterocycles. The summed E-state index contributed by atoms with van der Waals surface area (Å²) in [5.74, 6) is 1.81. The minimum Gasteiger partial charge on any atom is -0.454 e. The van der Waals surface area contributed by atoms with Crippen molar-refractivity contribution >= 4 is 11.9 Å². The van der Waals surface area contributed by atoms with Crippen molar-refractivity contribution in [1.29, 1.82) is 0 Å². The lowest BCUT2D eigenvalue weighted by atomic mass is 9.93. The van der Waals surface area contributed by atoms with Crippen molar-refractivity contribution in [3.8, 4) is 11.5 Å². The van der Waals surface area contributed by atoms with E-state index in [-0.39, 0.29) is 18.0 Å². The van der Waals surface area contributed by atoms with Crippen molar-refractivity contribution in [2.24, 2.45) is 5.41 Å². The summed E-state index contributed by atoms with van der Waals surface area (Å²) >= 11 is 0. The van der Waals surface area contributed by atoms with E-state index in [1.165, 1.54) is 0 Å². The molecule has 3 nitrogen and oxygen atoms in total. The molecule has 0 unspecified atom stereocenters. The third-order valence-corrected chi connectivity index (χ3v) is 4.21. The van der Waals surface area contributed by atoms with E-state index in [2.05, 4.69) is 6.92 Å². The Balaban J connectivity index is 1.66. The molecule has 0 radical (unpaired) electrons. The first-order valence-corrected chi connectivity index (χ1v) is 7.36. The van der Waals surface area contributed by atoms with Gasteiger partial charge in [0.2, 0.25) is 6.79 Å². The van der Waals surface area contributed by atoms with Crippen LogP contribution in [-0.2, 0) is 4.79 Å². The molecule has 1 aliphatic carbocycles. The lowest BCUT2D eigenvalue weighted by molar-refractivity contribution is -0.119. The van der Waals surface area contributed by atoms with Gasteiger partial charge in [0.25, 0.3) is 0 Å². The fraction of sp³-hybridized carbons (Fsp3) is 0.471. The first-order valence-electron chi connectivity index (χ1n) is 7.36. The van der Waals surface area contributed by atoms with Crippen LogP contribution >= 0.6 is 0 Å². The highest BCUT2D eigenvalue weighted by Gasteiger charge is 2.47. The molecule has 1 aromatic rings. The Labute approximate surface area is 119 Å². The van der Waals surface area contributed by atoms with E-state index >= 15 is 0 Å². The summed E-state index contributed by atoms with van der Waals surface area (Å²) < 4.78 is 10.6. The molecule has 20 heavy (non-hydrogen) atoms. The summed E-state index contributed by atoms with van der Waals surface area (Å²) in [6, 6.07) is 5.75. The van der Waals surface area contributed by atoms with Crippen LogP contribution in [0.3, 0.4) is 0 Å². The van der Waals surface area contributed by atoms with E-state index in [1.807, 2.05) is 24.3 Å². The van der Waals surface area contributed by atoms with Crippen molar-refractivity contribution in [3.63, 3.8) is 0 Å². The minimum atomic E-state index is -0.0388. The van der Waals surface area contributed by atoms with Gasteiger partial charge in [-0.3, -0.25) is 4.79 Å². The quantitative estimate of drug-likeness (QED) is 0.735. The molecule has 0 N–H and O–H groups in total. The zero-order valence-corrected chi connectivity index (χ0v) is 11.9. The number of benzene rings is 1. The standard InChI is InChI=1S/C17H20O3/c1-2-3-8-17(9-10-17)16(18)7-5-13-4-6-14-15(11-13)20-12-19-14/h4-7,11H,2-3,8-10,12H2,1H3/b7-5+. The van der Waals surface area contributed by atoms with Gasteiger partial charge in [0, 0.05) is 5.41 Å². The Morgan fingerprint density at radius 2 is 2.10 bits per heavy atom. The molecule has 1 aromatic carbocycles. The second-order valence-electron chi connectivity index (χ2n) is 5.69. The van der Waals surface area contributed by atoms with Crippen molar-refractivity contribution < 1.29 is 14.3 Å². The first kappa shape index (κ1) is 13.2. The number of rotatable bonds is 6. The van der Waals surface area contributed by atoms with Gasteiger partial charge in [-0.1, -0.05) is 31.9 Å². The molecule has 0 saturated heterocycles. The van der Waals surface area contributed by atoms with Crippen LogP contribution in [0.15, 0.2) is 24.3 Å². The molecule has 1 heterocycles. The topological polar surface area (TPSA) is 35.5 Å². The second-order valence-corrected chi connectivity index (χ2v) is 5.69. The highest BCUT2D eigenvalue weighted by atomic mass is 16.7. The summed E-state index contributed by atoms with van der Waals surface area (Å²) in [6.45, 7) is 2.45. The molecule has 0 spiro atoms. The predicted molar refractivity (Wildman–Crippen MR) is 77.8 cm³/mol. The smallest absolute Gasteiger partial charge is 0.231 e. The van der Waals surface area contributed by atoms with Gasteiger partial charge in [0.15, 0.2) is 17.3 Å². The molecule has 3 heteroatoms. The Morgan fingerprint density at radius 1 is 1.30 bits per heavy atom. The lowest BCUT2D eigenvalue weighted by Crippen LogP contribution is -2.12. The van der Waals surface area contributed by atoms with Crippen LogP contribution in [0.4, 0.5) is 0 Å². The molecule has 1 fully saturated rings. The number of hydrogen-bond acceptors (Lipinski definition) is 3. The zero-order valence-electron chi connectivity index (χ0n) is 11.9. The van der Waals surface area contributed by atoms with E-state index in [1.54, 1.807) is 6.08 Å². The fourth-order valence-electron chi connectivity index (χ4n) is 2.65. The number of fused-ring (bicyclic) bond motifs is 1. The van der Waals surface area contributed by atoms with Gasteiger partial charge >= 0.3 is 0 Å². The summed E-state index contributed by atoms with van der Waals surface area (Å²) in [7, 11) is 0. The molecule has 106 valence electrons. The summed E-state index contributed by atoms with van der Waals surface area (Å²) in [4.78, 5) is 12.3. The second kappa shape index (κ2) is 5.31. The van der Waals surface area contributed by atoms with Crippen LogP contribution in [0, 0.1) is 5.41 Å². The Morgan fingerprint density at radius 3 is 2.85 bits per heavy atom. The van der Waals surface area contributed by atoms with Crippen molar-refractivity contribution in [1.82, 2.24) is 0 Å². The fourth-order valence-corrected chi connectivity index (χ4v) is 2.65. The summed E-state index contributed by atoms with van der Waals surface area (Å²) in [5.41, 5.74) is 0.942. The van der Waals surface area contributed by atoms with Crippen LogP contribution in [0.1, 0.15) is 44.6 Å². The third kappa shape index (κ3) is 2.58. The van der Waals surface area contributed by atoms with Gasteiger partial charge in [0.1, 0.15) is 0 Å². The first-order chi connectivity index (χ1) is 9.73. The van der Waals surface area contributed by atoms with Crippen LogP contribution in [0.5, 0.6) is 11.5 Å². The van der Waals surface area contributed by atoms with E-state index < -0.39 is 0 Å². The monoisotopic (exact) mass is 272 g/mol. The summed E-state index contributed by atoms with van der Waals surface area (Å²) in [5, 5.41) is 0. The van der Waals surface area contributed by atoms with Crippen molar-refractivity contribution in [3.05, 3.63) is 29.8 Å². The number of ketones is 1. The third-order valence-electron chi connectivity index (χ3n) is 4.21. The van der Waals surface area contributed by atoms with E-state index in [9.17, 15) is 4.79 Å². The number of carbonyl (C=O) groups is 1. The number of allylic oxidation sites excluding steroid dienone is 1. The minimum absolute atomic E-state index is 0.0388. The van der Waals surface area contributed by atoms with Gasteiger partial charge in [0.05, 0.1) is 0 Å². The molecule has 1 saturated carbocycles. The van der Waals surface area contributed by atoms with Crippen LogP contribution in [0.2, 0.25) is 0 Å². The van der Waals surface area contributed by atoms with Gasteiger partial charge in [-0.05, 0) is 43.0 Å². The van der Waals surface area contributed by atoms with Crippen LogP contribution in [0.25, 0.3) is 6.08 Å². The number of hydrogen-bond donors (Lipinski definition) is 0. The van der Waals surface area contributed by atoms with Gasteiger partial charge < -0.3 is 9.47 Å². The highest BCUT2D eigenvalue weighted by molar-refractivity contribution is 5.99. The number of unbranched alkanes of at least 4 members (excludes halogenated alkanes) is 1. The SMILES string of the molecule is CCCCC1(C(=O)/C=C/c2ccc3c(c2)OCO3)CC1. The maximum atomic E-state index is 12.3. The molecular weight excluding hydrogens is 252 g/mol. The predicted octanol–water partition coefficient (Wildman–Crippen LogP) is 3.97. The molecule has 0 bridgehead atoms. The number of ether oxygens (including phenoxy) is 2. The molecule has 0 aromatic heterocycles. The van der Waals surface area contributed by atoms with Crippen molar-refractivity contribution in [2.45, 2.75) is 39.0 Å². The summed E-state index contributed by atoms with van der Waals surface area (Å²) in [6.07, 6.45) is 9.06. The van der Waals surface area contributed by atoms with Gasteiger partial charge in [-0.15, -0.1) is 0 Å². The van der Waals surface area contributed by atoms with Gasteiger partial charge in [-0.25, -0.2) is 0 Å². The van der Waals surface area contributed by atoms with Crippen LogP contribution in [-0.4, -0.2) is 12.6 Å². The Hall–Kier alpha value is -1.77. The van der Waals surface area contributed by atoms with E-state index in [0.29, 0.717) is 0 Å². The highest BCUT2D eigenvalue weighted by Crippen LogP contribution is 2.51. The maximum Gasteiger partial charge on any atom is 0.231 e. The normalized spacial score (nSPS) is 18.4. The largest absolute Gasteiger partial charge is 0.454 e. The molecule has 2 aliphatic rings. The average molecular weight is 272 g/mol. The van der Waals surface area contributed by atoms with Crippen molar-refractivity contribution in [2.75, 3.05) is 6.79 Å². The maximum absolute atomic E-state index is 12.3. The van der Waals surface area contributed by atoms with Crippen LogP contribution < -0.4 is 9.47 Å². The number of carbonyl (C=O) groups excluding carboxylic acids is 1. The van der Waals surface area contributed by atoms with Gasteiger partial charge in [-0.2, -0.15) is 0 Å². The van der Waals surface area contributed by atoms with E-state index in [0.717, 1.165) is 49.2 Å². The average Bonchev–Trinajstić information content (AvgIpc) is 3.12. The lowest BCUT2D eigenvalue weighted by Gasteiger charge is -2.09.